The van der Waals surface area contributed by atoms with Crippen molar-refractivity contribution in [1.82, 2.24) is 5.43 Å². The van der Waals surface area contributed by atoms with Crippen LogP contribution in [0.2, 0.25) is 0 Å². The average Bonchev–Trinajstić information content (AvgIpc) is 2.87. The molecular weight excluding hydrogens is 260 g/mol. The largest absolute Gasteiger partial charge is 0.486 e. The summed E-state index contributed by atoms with van der Waals surface area (Å²) in [6, 6.07) is 6.26. The number of hydrogen-bond donors (Lipinski definition) is 2. The molecule has 0 bridgehead atoms. The third-order valence-electron chi connectivity index (χ3n) is 3.93. The first-order valence-corrected chi connectivity index (χ1v) is 7.71. The van der Waals surface area contributed by atoms with Crippen molar-refractivity contribution in [3.63, 3.8) is 0 Å². The molecule has 2 unspecified atom stereocenters. The quantitative estimate of drug-likeness (QED) is 0.657. The molecule has 0 aliphatic carbocycles. The summed E-state index contributed by atoms with van der Waals surface area (Å²) in [4.78, 5) is 0. The summed E-state index contributed by atoms with van der Waals surface area (Å²) in [5.41, 5.74) is 4.16. The fraction of sp³-hybridized carbons (Fsp3) is 0.571. The third-order valence-corrected chi connectivity index (χ3v) is 5.52. The van der Waals surface area contributed by atoms with Crippen LogP contribution in [-0.2, 0) is 0 Å². The standard InChI is InChI=1S/C14H20N2O2S/c1-14(5-2-8-19-14)13(16-15)10-3-4-11-12(9-10)18-7-6-17-11/h3-4,9,13,16H,2,5-8,15H2,1H3. The maximum atomic E-state index is 5.81. The van der Waals surface area contributed by atoms with E-state index < -0.39 is 0 Å². The second-order valence-corrected chi connectivity index (χ2v) is 6.90. The van der Waals surface area contributed by atoms with Crippen molar-refractivity contribution in [2.75, 3.05) is 19.0 Å². The molecule has 104 valence electrons. The van der Waals surface area contributed by atoms with Gasteiger partial charge in [-0.25, -0.2) is 0 Å². The molecule has 1 aromatic carbocycles. The molecule has 0 aromatic heterocycles. The number of thioether (sulfide) groups is 1. The fourth-order valence-electron chi connectivity index (χ4n) is 2.89. The minimum atomic E-state index is 0.135. The number of fused-ring (bicyclic) bond motifs is 1. The van der Waals surface area contributed by atoms with Crippen molar-refractivity contribution in [3.05, 3.63) is 23.8 Å². The highest BCUT2D eigenvalue weighted by Crippen LogP contribution is 2.47. The van der Waals surface area contributed by atoms with Crippen LogP contribution in [0.5, 0.6) is 11.5 Å². The normalized spacial score (nSPS) is 27.3. The minimum absolute atomic E-state index is 0.135. The van der Waals surface area contributed by atoms with E-state index in [0.717, 1.165) is 11.5 Å². The van der Waals surface area contributed by atoms with E-state index in [4.69, 9.17) is 15.3 Å². The molecule has 19 heavy (non-hydrogen) atoms. The minimum Gasteiger partial charge on any atom is -0.486 e. The van der Waals surface area contributed by atoms with Gasteiger partial charge in [0.05, 0.1) is 6.04 Å². The van der Waals surface area contributed by atoms with Gasteiger partial charge < -0.3 is 9.47 Å². The Morgan fingerprint density at radius 1 is 1.32 bits per heavy atom. The van der Waals surface area contributed by atoms with Gasteiger partial charge in [0.1, 0.15) is 13.2 Å². The number of benzene rings is 1. The molecule has 1 aromatic rings. The summed E-state index contributed by atoms with van der Waals surface area (Å²) in [6.45, 7) is 3.52. The van der Waals surface area contributed by atoms with Gasteiger partial charge in [0.15, 0.2) is 11.5 Å². The Morgan fingerprint density at radius 2 is 2.11 bits per heavy atom. The molecule has 0 spiro atoms. The summed E-state index contributed by atoms with van der Waals surface area (Å²) < 4.78 is 11.4. The lowest BCUT2D eigenvalue weighted by atomic mass is 9.90. The van der Waals surface area contributed by atoms with Crippen LogP contribution in [-0.4, -0.2) is 23.7 Å². The van der Waals surface area contributed by atoms with Crippen molar-refractivity contribution in [3.8, 4) is 11.5 Å². The van der Waals surface area contributed by atoms with Crippen LogP contribution in [0.15, 0.2) is 18.2 Å². The monoisotopic (exact) mass is 280 g/mol. The molecule has 1 fully saturated rings. The van der Waals surface area contributed by atoms with Gasteiger partial charge >= 0.3 is 0 Å². The first kappa shape index (κ1) is 13.1. The summed E-state index contributed by atoms with van der Waals surface area (Å²) in [5.74, 6) is 8.68. The number of nitrogens with one attached hydrogen (secondary N) is 1. The lowest BCUT2D eigenvalue weighted by molar-refractivity contribution is 0.171. The third kappa shape index (κ3) is 2.42. The molecule has 2 aliphatic rings. The lowest BCUT2D eigenvalue weighted by Crippen LogP contribution is -2.41. The second kappa shape index (κ2) is 5.23. The van der Waals surface area contributed by atoms with E-state index in [0.29, 0.717) is 13.2 Å². The van der Waals surface area contributed by atoms with Crippen LogP contribution >= 0.6 is 11.8 Å². The SMILES string of the molecule is CC1(C(NN)c2ccc3c(c2)OCCO3)CCCS1. The first-order chi connectivity index (χ1) is 9.23. The maximum absolute atomic E-state index is 5.81. The number of ether oxygens (including phenoxy) is 2. The van der Waals surface area contributed by atoms with E-state index in [2.05, 4.69) is 24.5 Å². The van der Waals surface area contributed by atoms with Crippen LogP contribution in [0.1, 0.15) is 31.4 Å². The lowest BCUT2D eigenvalue weighted by Gasteiger charge is -2.33. The highest BCUT2D eigenvalue weighted by atomic mass is 32.2. The van der Waals surface area contributed by atoms with Gasteiger partial charge in [-0.2, -0.15) is 11.8 Å². The highest BCUT2D eigenvalue weighted by molar-refractivity contribution is 8.00. The second-order valence-electron chi connectivity index (χ2n) is 5.27. The fourth-order valence-corrected chi connectivity index (χ4v) is 4.31. The summed E-state index contributed by atoms with van der Waals surface area (Å²) in [5, 5.41) is 0. The van der Waals surface area contributed by atoms with Crippen molar-refractivity contribution in [1.29, 1.82) is 0 Å². The Kier molecular flexibility index (Phi) is 3.60. The molecule has 4 nitrogen and oxygen atoms in total. The predicted molar refractivity (Wildman–Crippen MR) is 77.6 cm³/mol. The van der Waals surface area contributed by atoms with Gasteiger partial charge in [0.2, 0.25) is 0 Å². The first-order valence-electron chi connectivity index (χ1n) is 6.72. The van der Waals surface area contributed by atoms with Gasteiger partial charge in [-0.1, -0.05) is 6.07 Å². The van der Waals surface area contributed by atoms with Gasteiger partial charge in [0.25, 0.3) is 0 Å². The van der Waals surface area contributed by atoms with Crippen LogP contribution in [0, 0.1) is 0 Å². The molecule has 2 atom stereocenters. The Hall–Kier alpha value is -0.910. The van der Waals surface area contributed by atoms with Gasteiger partial charge in [-0.05, 0) is 43.2 Å². The van der Waals surface area contributed by atoms with Gasteiger partial charge in [-0.3, -0.25) is 11.3 Å². The number of hydrazine groups is 1. The van der Waals surface area contributed by atoms with Crippen molar-refractivity contribution >= 4 is 11.8 Å². The van der Waals surface area contributed by atoms with Crippen LogP contribution in [0.25, 0.3) is 0 Å². The molecule has 2 heterocycles. The summed E-state index contributed by atoms with van der Waals surface area (Å²) in [6.07, 6.45) is 2.44. The molecule has 3 rings (SSSR count). The predicted octanol–water partition coefficient (Wildman–Crippen LogP) is 2.25. The highest BCUT2D eigenvalue weighted by Gasteiger charge is 2.38. The van der Waals surface area contributed by atoms with E-state index in [1.165, 1.54) is 24.2 Å². The summed E-state index contributed by atoms with van der Waals surface area (Å²) in [7, 11) is 0. The summed E-state index contributed by atoms with van der Waals surface area (Å²) >= 11 is 2.00. The van der Waals surface area contributed by atoms with E-state index in [9.17, 15) is 0 Å². The van der Waals surface area contributed by atoms with Crippen molar-refractivity contribution in [2.24, 2.45) is 5.84 Å². The topological polar surface area (TPSA) is 56.5 Å². The number of rotatable bonds is 3. The van der Waals surface area contributed by atoms with Crippen molar-refractivity contribution < 1.29 is 9.47 Å². The molecule has 1 saturated heterocycles. The van der Waals surface area contributed by atoms with E-state index in [1.807, 2.05) is 17.8 Å². The molecule has 0 saturated carbocycles. The zero-order valence-electron chi connectivity index (χ0n) is 11.1. The van der Waals surface area contributed by atoms with E-state index in [1.54, 1.807) is 0 Å². The molecule has 3 N–H and O–H groups in total. The molecular formula is C14H20N2O2S. The zero-order valence-corrected chi connectivity index (χ0v) is 12.0. The van der Waals surface area contributed by atoms with Crippen LogP contribution in [0.3, 0.4) is 0 Å². The smallest absolute Gasteiger partial charge is 0.161 e. The van der Waals surface area contributed by atoms with E-state index in [-0.39, 0.29) is 10.8 Å². The Bertz CT molecular complexity index is 461. The molecule has 5 heteroatoms. The average molecular weight is 280 g/mol. The van der Waals surface area contributed by atoms with E-state index >= 15 is 0 Å². The van der Waals surface area contributed by atoms with Crippen molar-refractivity contribution in [2.45, 2.75) is 30.6 Å². The Morgan fingerprint density at radius 3 is 2.79 bits per heavy atom. The number of nitrogens with two attached hydrogens (primary N) is 1. The molecule has 2 aliphatic heterocycles. The maximum Gasteiger partial charge on any atom is 0.161 e. The Labute approximate surface area is 118 Å². The van der Waals surface area contributed by atoms with Gasteiger partial charge in [-0.15, -0.1) is 0 Å². The number of hydrogen-bond acceptors (Lipinski definition) is 5. The Balaban J connectivity index is 1.91. The van der Waals surface area contributed by atoms with Crippen LogP contribution in [0.4, 0.5) is 0 Å². The zero-order chi connectivity index (χ0) is 13.3. The molecule has 0 amide bonds. The van der Waals surface area contributed by atoms with Gasteiger partial charge in [0, 0.05) is 4.75 Å². The van der Waals surface area contributed by atoms with Crippen LogP contribution < -0.4 is 20.7 Å². The molecule has 0 radical (unpaired) electrons.